The third-order valence-corrected chi connectivity index (χ3v) is 5.44. The van der Waals surface area contributed by atoms with Crippen LogP contribution in [0.2, 0.25) is 0 Å². The molecule has 0 atom stereocenters. The molecule has 2 aromatic rings. The molecule has 1 amide bonds. The molecule has 0 unspecified atom stereocenters. The van der Waals surface area contributed by atoms with E-state index in [4.69, 9.17) is 0 Å². The number of carbonyl (C=O) groups is 1. The molecule has 25 heavy (non-hydrogen) atoms. The predicted molar refractivity (Wildman–Crippen MR) is 101 cm³/mol. The summed E-state index contributed by atoms with van der Waals surface area (Å²) >= 11 is 0. The van der Waals surface area contributed by atoms with Crippen molar-refractivity contribution >= 4 is 26.8 Å². The summed E-state index contributed by atoms with van der Waals surface area (Å²) in [5.74, 6) is -0.262. The van der Waals surface area contributed by atoms with E-state index < -0.39 is 10.0 Å². The third-order valence-electron chi connectivity index (χ3n) is 4.19. The number of hydrogen-bond acceptors (Lipinski definition) is 3. The van der Waals surface area contributed by atoms with Crippen molar-refractivity contribution in [3.05, 3.63) is 36.0 Å². The maximum absolute atomic E-state index is 12.1. The second kappa shape index (κ2) is 9.01. The number of aromatic amines is 1. The van der Waals surface area contributed by atoms with Crippen LogP contribution in [0.5, 0.6) is 0 Å². The van der Waals surface area contributed by atoms with Crippen LogP contribution in [0.15, 0.2) is 30.5 Å². The Morgan fingerprint density at radius 2 is 2.00 bits per heavy atom. The zero-order valence-corrected chi connectivity index (χ0v) is 15.7. The number of unbranched alkanes of at least 4 members (excludes halogenated alkanes) is 2. The molecule has 0 fully saturated rings. The Hall–Kier alpha value is -1.86. The van der Waals surface area contributed by atoms with E-state index in [-0.39, 0.29) is 12.5 Å². The van der Waals surface area contributed by atoms with Crippen LogP contribution in [0.25, 0.3) is 10.9 Å². The van der Waals surface area contributed by atoms with Gasteiger partial charge in [-0.25, -0.2) is 8.42 Å². The van der Waals surface area contributed by atoms with Crippen molar-refractivity contribution in [1.82, 2.24) is 14.6 Å². The molecule has 2 rings (SSSR count). The number of para-hydroxylation sites is 1. The van der Waals surface area contributed by atoms with Crippen LogP contribution < -0.4 is 5.32 Å². The van der Waals surface area contributed by atoms with E-state index in [2.05, 4.69) is 17.2 Å². The minimum absolute atomic E-state index is 0.115. The van der Waals surface area contributed by atoms with Crippen LogP contribution in [0, 0.1) is 0 Å². The van der Waals surface area contributed by atoms with Crippen molar-refractivity contribution in [2.45, 2.75) is 32.6 Å². The quantitative estimate of drug-likeness (QED) is 0.634. The number of nitrogens with zero attached hydrogens (tertiary/aromatic N) is 1. The largest absolute Gasteiger partial charge is 0.361 e. The number of carbonyl (C=O) groups excluding carboxylic acids is 1. The van der Waals surface area contributed by atoms with Crippen molar-refractivity contribution < 1.29 is 13.2 Å². The number of benzene rings is 1. The zero-order valence-electron chi connectivity index (χ0n) is 14.9. The molecule has 7 heteroatoms. The fourth-order valence-corrected chi connectivity index (χ4v) is 3.60. The van der Waals surface area contributed by atoms with Gasteiger partial charge in [0, 0.05) is 30.2 Å². The lowest BCUT2D eigenvalue weighted by molar-refractivity contribution is -0.121. The molecule has 0 aliphatic heterocycles. The van der Waals surface area contributed by atoms with Crippen molar-refractivity contribution in [2.75, 3.05) is 25.9 Å². The standard InChI is InChI=1S/C18H27N3O3S/c1-3-4-7-12-21(25(2,23)24)14-18(22)19-11-10-15-13-20-17-9-6-5-8-16(15)17/h5-6,8-9,13,20H,3-4,7,10-12,14H2,1-2H3,(H,19,22). The summed E-state index contributed by atoms with van der Waals surface area (Å²) in [6, 6.07) is 8.01. The molecule has 2 N–H and O–H groups in total. The maximum Gasteiger partial charge on any atom is 0.235 e. The van der Waals surface area contributed by atoms with Crippen molar-refractivity contribution in [3.63, 3.8) is 0 Å². The number of hydrogen-bond donors (Lipinski definition) is 2. The number of rotatable bonds is 10. The summed E-state index contributed by atoms with van der Waals surface area (Å²) in [6.45, 7) is 2.81. The fourth-order valence-electron chi connectivity index (χ4n) is 2.79. The first-order valence-electron chi connectivity index (χ1n) is 8.68. The van der Waals surface area contributed by atoms with E-state index in [0.29, 0.717) is 19.5 Å². The van der Waals surface area contributed by atoms with Gasteiger partial charge in [-0.1, -0.05) is 38.0 Å². The summed E-state index contributed by atoms with van der Waals surface area (Å²) < 4.78 is 24.9. The highest BCUT2D eigenvalue weighted by atomic mass is 32.2. The molecule has 138 valence electrons. The van der Waals surface area contributed by atoms with Gasteiger partial charge in [-0.2, -0.15) is 4.31 Å². The average Bonchev–Trinajstić information content (AvgIpc) is 2.97. The summed E-state index contributed by atoms with van der Waals surface area (Å²) in [5.41, 5.74) is 2.21. The van der Waals surface area contributed by atoms with Gasteiger partial charge in [0.2, 0.25) is 15.9 Å². The van der Waals surface area contributed by atoms with Crippen LogP contribution >= 0.6 is 0 Å². The molecule has 6 nitrogen and oxygen atoms in total. The average molecular weight is 365 g/mol. The Morgan fingerprint density at radius 1 is 1.24 bits per heavy atom. The van der Waals surface area contributed by atoms with Gasteiger partial charge < -0.3 is 10.3 Å². The lowest BCUT2D eigenvalue weighted by atomic mass is 10.1. The molecule has 1 heterocycles. The van der Waals surface area contributed by atoms with Gasteiger partial charge in [-0.3, -0.25) is 4.79 Å². The van der Waals surface area contributed by atoms with Gasteiger partial charge in [0.15, 0.2) is 0 Å². The highest BCUT2D eigenvalue weighted by Gasteiger charge is 2.19. The highest BCUT2D eigenvalue weighted by molar-refractivity contribution is 7.88. The van der Waals surface area contributed by atoms with Crippen molar-refractivity contribution in [1.29, 1.82) is 0 Å². The smallest absolute Gasteiger partial charge is 0.235 e. The van der Waals surface area contributed by atoms with Gasteiger partial charge in [0.05, 0.1) is 12.8 Å². The van der Waals surface area contributed by atoms with E-state index in [1.54, 1.807) is 0 Å². The molecule has 0 aliphatic carbocycles. The van der Waals surface area contributed by atoms with Gasteiger partial charge in [-0.15, -0.1) is 0 Å². The molecule has 1 aromatic carbocycles. The lowest BCUT2D eigenvalue weighted by Crippen LogP contribution is -2.41. The van der Waals surface area contributed by atoms with Gasteiger partial charge >= 0.3 is 0 Å². The van der Waals surface area contributed by atoms with Crippen LogP contribution in [-0.2, 0) is 21.2 Å². The first-order chi connectivity index (χ1) is 11.9. The molecule has 0 spiro atoms. The molecular weight excluding hydrogens is 338 g/mol. The third kappa shape index (κ3) is 5.86. The number of fused-ring (bicyclic) bond motifs is 1. The van der Waals surface area contributed by atoms with Crippen LogP contribution in [0.1, 0.15) is 31.7 Å². The lowest BCUT2D eigenvalue weighted by Gasteiger charge is -2.19. The molecule has 0 aliphatic rings. The Labute approximate surface area is 149 Å². The van der Waals surface area contributed by atoms with E-state index in [0.717, 1.165) is 42.0 Å². The Kier molecular flexibility index (Phi) is 7.01. The Morgan fingerprint density at radius 3 is 2.72 bits per heavy atom. The van der Waals surface area contributed by atoms with E-state index in [9.17, 15) is 13.2 Å². The molecule has 0 bridgehead atoms. The number of aromatic nitrogens is 1. The van der Waals surface area contributed by atoms with Crippen molar-refractivity contribution in [2.24, 2.45) is 0 Å². The predicted octanol–water partition coefficient (Wildman–Crippen LogP) is 2.28. The zero-order chi connectivity index (χ0) is 18.3. The van der Waals surface area contributed by atoms with Crippen LogP contribution in [-0.4, -0.2) is 49.5 Å². The Bertz CT molecular complexity index is 799. The number of amides is 1. The molecule has 0 saturated heterocycles. The van der Waals surface area contributed by atoms with Gasteiger partial charge in [-0.05, 0) is 24.5 Å². The summed E-state index contributed by atoms with van der Waals surface area (Å²) in [4.78, 5) is 15.3. The fraction of sp³-hybridized carbons (Fsp3) is 0.500. The first-order valence-corrected chi connectivity index (χ1v) is 10.5. The molecule has 0 radical (unpaired) electrons. The molecule has 0 saturated carbocycles. The van der Waals surface area contributed by atoms with Gasteiger partial charge in [0.25, 0.3) is 0 Å². The number of H-pyrrole nitrogens is 1. The van der Waals surface area contributed by atoms with Gasteiger partial charge in [0.1, 0.15) is 0 Å². The topological polar surface area (TPSA) is 82.3 Å². The monoisotopic (exact) mass is 365 g/mol. The first kappa shape index (κ1) is 19.5. The SMILES string of the molecule is CCCCCN(CC(=O)NCCc1c[nH]c2ccccc12)S(C)(=O)=O. The summed E-state index contributed by atoms with van der Waals surface area (Å²) in [5, 5.41) is 3.97. The van der Waals surface area contributed by atoms with Crippen LogP contribution in [0.4, 0.5) is 0 Å². The van der Waals surface area contributed by atoms with Crippen LogP contribution in [0.3, 0.4) is 0 Å². The number of sulfonamides is 1. The summed E-state index contributed by atoms with van der Waals surface area (Å²) in [7, 11) is -3.37. The molecular formula is C18H27N3O3S. The second-order valence-electron chi connectivity index (χ2n) is 6.26. The maximum atomic E-state index is 12.1. The minimum atomic E-state index is -3.37. The minimum Gasteiger partial charge on any atom is -0.361 e. The normalized spacial score (nSPS) is 12.0. The van der Waals surface area contributed by atoms with E-state index >= 15 is 0 Å². The summed E-state index contributed by atoms with van der Waals surface area (Å²) in [6.07, 6.45) is 6.53. The van der Waals surface area contributed by atoms with E-state index in [1.807, 2.05) is 30.5 Å². The Balaban J connectivity index is 1.84. The number of nitrogens with one attached hydrogen (secondary N) is 2. The van der Waals surface area contributed by atoms with Crippen molar-refractivity contribution in [3.8, 4) is 0 Å². The highest BCUT2D eigenvalue weighted by Crippen LogP contribution is 2.17. The molecule has 1 aromatic heterocycles. The van der Waals surface area contributed by atoms with E-state index in [1.165, 1.54) is 4.31 Å². The second-order valence-corrected chi connectivity index (χ2v) is 8.25.